The molecule has 0 spiro atoms. The number of fused-ring (bicyclic) bond motifs is 7. The summed E-state index contributed by atoms with van der Waals surface area (Å²) in [6.45, 7) is 4.80. The fraction of sp³-hybridized carbons (Fsp3) is 0.414. The van der Waals surface area contributed by atoms with Gasteiger partial charge in [0.2, 0.25) is 11.8 Å². The van der Waals surface area contributed by atoms with E-state index in [0.29, 0.717) is 30.9 Å². The highest BCUT2D eigenvalue weighted by molar-refractivity contribution is 7.98. The second-order valence-electron chi connectivity index (χ2n) is 10.3. The number of hydrogen-bond donors (Lipinski definition) is 3. The third kappa shape index (κ3) is 4.75. The predicted octanol–water partition coefficient (Wildman–Crippen LogP) is 4.04. The lowest BCUT2D eigenvalue weighted by molar-refractivity contribution is -0.132. The van der Waals surface area contributed by atoms with Gasteiger partial charge in [0.15, 0.2) is 0 Å². The van der Waals surface area contributed by atoms with Crippen LogP contribution in [0.5, 0.6) is 0 Å². The summed E-state index contributed by atoms with van der Waals surface area (Å²) < 4.78 is 0. The fourth-order valence-electron chi connectivity index (χ4n) is 5.52. The zero-order valence-corrected chi connectivity index (χ0v) is 22.4. The van der Waals surface area contributed by atoms with Gasteiger partial charge in [-0.3, -0.25) is 14.4 Å². The quantitative estimate of drug-likeness (QED) is 0.399. The summed E-state index contributed by atoms with van der Waals surface area (Å²) in [6, 6.07) is 13.9. The van der Waals surface area contributed by atoms with Crippen LogP contribution < -0.4 is 10.6 Å². The monoisotopic (exact) mass is 518 g/mol. The molecular weight excluding hydrogens is 484 g/mol. The average Bonchev–Trinajstić information content (AvgIpc) is 3.41. The number of aromatic amines is 1. The van der Waals surface area contributed by atoms with Crippen molar-refractivity contribution in [3.8, 4) is 0 Å². The molecule has 8 heteroatoms. The van der Waals surface area contributed by atoms with Crippen molar-refractivity contribution in [1.29, 1.82) is 0 Å². The molecule has 0 fully saturated rings. The van der Waals surface area contributed by atoms with Crippen LogP contribution in [0.2, 0.25) is 0 Å². The maximum Gasteiger partial charge on any atom is 0.255 e. The molecule has 0 aliphatic carbocycles. The zero-order valence-electron chi connectivity index (χ0n) is 21.5. The van der Waals surface area contributed by atoms with Gasteiger partial charge in [0.1, 0.15) is 12.1 Å². The van der Waals surface area contributed by atoms with Crippen molar-refractivity contribution in [2.45, 2.75) is 51.2 Å². The Morgan fingerprint density at radius 3 is 2.65 bits per heavy atom. The van der Waals surface area contributed by atoms with Crippen LogP contribution >= 0.6 is 11.8 Å². The number of nitrogens with one attached hydrogen (secondary N) is 3. The molecule has 3 heterocycles. The molecule has 0 bridgehead atoms. The Bertz CT molecular complexity index is 1330. The summed E-state index contributed by atoms with van der Waals surface area (Å²) in [5.41, 5.74) is 4.55. The molecule has 5 rings (SSSR count). The molecule has 2 aliphatic rings. The summed E-state index contributed by atoms with van der Waals surface area (Å²) >= 11 is 1.64. The Balaban J connectivity index is 1.47. The molecule has 3 atom stereocenters. The SMILES string of the molecule is CSCCC(NC(=O)C1Cc2c([nH]c3ccccc23)C2c3ccccc3C(=O)N12)C(=O)NCCC(C)C. The van der Waals surface area contributed by atoms with Crippen LogP contribution in [0.25, 0.3) is 10.9 Å². The minimum Gasteiger partial charge on any atom is -0.356 e. The van der Waals surface area contributed by atoms with Gasteiger partial charge < -0.3 is 20.5 Å². The molecule has 194 valence electrons. The first-order valence-electron chi connectivity index (χ1n) is 13.0. The van der Waals surface area contributed by atoms with Crippen LogP contribution in [0.1, 0.15) is 59.9 Å². The Hall–Kier alpha value is -3.26. The molecule has 2 aromatic carbocycles. The van der Waals surface area contributed by atoms with E-state index in [1.807, 2.05) is 48.7 Å². The first kappa shape index (κ1) is 25.4. The molecule has 3 aromatic rings. The lowest BCUT2D eigenvalue weighted by atomic mass is 9.89. The Kier molecular flexibility index (Phi) is 7.29. The van der Waals surface area contributed by atoms with E-state index < -0.39 is 12.1 Å². The number of benzene rings is 2. The summed E-state index contributed by atoms with van der Waals surface area (Å²) in [4.78, 5) is 45.8. The first-order chi connectivity index (χ1) is 17.9. The smallest absolute Gasteiger partial charge is 0.255 e. The second kappa shape index (κ2) is 10.6. The topological polar surface area (TPSA) is 94.3 Å². The van der Waals surface area contributed by atoms with Gasteiger partial charge in [0.05, 0.1) is 6.04 Å². The minimum absolute atomic E-state index is 0.146. The lowest BCUT2D eigenvalue weighted by Crippen LogP contribution is -2.56. The lowest BCUT2D eigenvalue weighted by Gasteiger charge is -2.37. The summed E-state index contributed by atoms with van der Waals surface area (Å²) in [5, 5.41) is 7.08. The van der Waals surface area contributed by atoms with Gasteiger partial charge in [-0.15, -0.1) is 0 Å². The maximum absolute atomic E-state index is 13.9. The first-order valence-corrected chi connectivity index (χ1v) is 14.4. The number of aromatic nitrogens is 1. The summed E-state index contributed by atoms with van der Waals surface area (Å²) in [7, 11) is 0. The van der Waals surface area contributed by atoms with Crippen LogP contribution in [-0.2, 0) is 16.0 Å². The summed E-state index contributed by atoms with van der Waals surface area (Å²) in [6.07, 6.45) is 3.79. The Morgan fingerprint density at radius 2 is 1.86 bits per heavy atom. The Labute approximate surface area is 221 Å². The molecule has 0 saturated carbocycles. The van der Waals surface area contributed by atoms with E-state index in [9.17, 15) is 14.4 Å². The van der Waals surface area contributed by atoms with Crippen LogP contribution in [0, 0.1) is 5.92 Å². The fourth-order valence-corrected chi connectivity index (χ4v) is 5.99. The average molecular weight is 519 g/mol. The van der Waals surface area contributed by atoms with Crippen LogP contribution in [0.3, 0.4) is 0 Å². The number of amides is 3. The molecule has 2 aliphatic heterocycles. The van der Waals surface area contributed by atoms with E-state index in [-0.39, 0.29) is 23.8 Å². The van der Waals surface area contributed by atoms with Gasteiger partial charge in [-0.25, -0.2) is 0 Å². The predicted molar refractivity (Wildman–Crippen MR) is 148 cm³/mol. The number of rotatable bonds is 9. The van der Waals surface area contributed by atoms with E-state index in [1.165, 1.54) is 0 Å². The van der Waals surface area contributed by atoms with Crippen molar-refractivity contribution in [3.63, 3.8) is 0 Å². The number of carbonyl (C=O) groups is 3. The third-order valence-corrected chi connectivity index (χ3v) is 8.06. The standard InChI is InChI=1S/C29H34N4O3S/c1-17(2)12-14-30-27(34)23(13-15-37-3)32-28(35)24-16-21-18-8-6-7-11-22(18)31-25(21)26-19-9-4-5-10-20(19)29(36)33(24)26/h4-11,17,23-24,26,31H,12-16H2,1-3H3,(H,30,34)(H,32,35). The number of H-pyrrole nitrogens is 1. The van der Waals surface area contributed by atoms with Crippen LogP contribution in [0.15, 0.2) is 48.5 Å². The molecule has 1 aromatic heterocycles. The maximum atomic E-state index is 13.9. The van der Waals surface area contributed by atoms with Gasteiger partial charge in [-0.05, 0) is 54.0 Å². The van der Waals surface area contributed by atoms with Gasteiger partial charge in [0.25, 0.3) is 5.91 Å². The van der Waals surface area contributed by atoms with Gasteiger partial charge in [0, 0.05) is 35.1 Å². The normalized spacial score (nSPS) is 18.9. The number of carbonyl (C=O) groups excluding carboxylic acids is 3. The van der Waals surface area contributed by atoms with E-state index in [2.05, 4.69) is 35.5 Å². The summed E-state index contributed by atoms with van der Waals surface area (Å²) in [5.74, 6) is 0.627. The van der Waals surface area contributed by atoms with Crippen molar-refractivity contribution in [2.24, 2.45) is 5.92 Å². The van der Waals surface area contributed by atoms with E-state index in [0.717, 1.165) is 39.9 Å². The van der Waals surface area contributed by atoms with Crippen molar-refractivity contribution in [2.75, 3.05) is 18.6 Å². The van der Waals surface area contributed by atoms with Crippen molar-refractivity contribution >= 4 is 40.4 Å². The highest BCUT2D eigenvalue weighted by Gasteiger charge is 2.49. The molecular formula is C29H34N4O3S. The molecule has 3 N–H and O–H groups in total. The third-order valence-electron chi connectivity index (χ3n) is 7.42. The molecule has 3 unspecified atom stereocenters. The molecule has 3 amide bonds. The Morgan fingerprint density at radius 1 is 1.11 bits per heavy atom. The van der Waals surface area contributed by atoms with Crippen LogP contribution in [-0.4, -0.2) is 58.2 Å². The van der Waals surface area contributed by atoms with Crippen molar-refractivity contribution in [3.05, 3.63) is 70.9 Å². The minimum atomic E-state index is -0.711. The second-order valence-corrected chi connectivity index (χ2v) is 11.3. The molecule has 37 heavy (non-hydrogen) atoms. The van der Waals surface area contributed by atoms with Gasteiger partial charge in [-0.1, -0.05) is 50.2 Å². The highest BCUT2D eigenvalue weighted by atomic mass is 32.2. The van der Waals surface area contributed by atoms with Crippen LogP contribution in [0.4, 0.5) is 0 Å². The number of para-hydroxylation sites is 1. The molecule has 7 nitrogen and oxygen atoms in total. The molecule has 0 radical (unpaired) electrons. The van der Waals surface area contributed by atoms with Crippen molar-refractivity contribution in [1.82, 2.24) is 20.5 Å². The van der Waals surface area contributed by atoms with Gasteiger partial charge >= 0.3 is 0 Å². The van der Waals surface area contributed by atoms with Crippen molar-refractivity contribution < 1.29 is 14.4 Å². The van der Waals surface area contributed by atoms with E-state index >= 15 is 0 Å². The highest BCUT2D eigenvalue weighted by Crippen LogP contribution is 2.46. The molecule has 0 saturated heterocycles. The number of nitrogens with zero attached hydrogens (tertiary/aromatic N) is 1. The number of thioether (sulfide) groups is 1. The van der Waals surface area contributed by atoms with Gasteiger partial charge in [-0.2, -0.15) is 11.8 Å². The largest absolute Gasteiger partial charge is 0.356 e. The zero-order chi connectivity index (χ0) is 26.1. The number of hydrogen-bond acceptors (Lipinski definition) is 4. The van der Waals surface area contributed by atoms with E-state index in [1.54, 1.807) is 16.7 Å². The van der Waals surface area contributed by atoms with E-state index in [4.69, 9.17) is 0 Å².